The van der Waals surface area contributed by atoms with E-state index in [0.29, 0.717) is 4.68 Å². The standard InChI is InChI=1S/C10H8ClFN4O2/c11-5-3-6-7(14-8(5)12)9(17)16(13)10(18)15(6)4-1-2-4/h3-4H,1-2,13H2. The zero-order valence-corrected chi connectivity index (χ0v) is 9.82. The van der Waals surface area contributed by atoms with Crippen molar-refractivity contribution in [3.05, 3.63) is 37.9 Å². The SMILES string of the molecule is Nn1c(=O)c2nc(F)c(Cl)cc2n(C2CC2)c1=O. The van der Waals surface area contributed by atoms with Crippen LogP contribution in [0.15, 0.2) is 15.7 Å². The van der Waals surface area contributed by atoms with E-state index in [9.17, 15) is 14.0 Å². The van der Waals surface area contributed by atoms with Crippen molar-refractivity contribution in [3.63, 3.8) is 0 Å². The number of nitrogen functional groups attached to an aromatic ring is 1. The van der Waals surface area contributed by atoms with Gasteiger partial charge in [-0.2, -0.15) is 9.07 Å². The Morgan fingerprint density at radius 2 is 2.11 bits per heavy atom. The smallest absolute Gasteiger partial charge is 0.332 e. The van der Waals surface area contributed by atoms with Gasteiger partial charge in [-0.15, -0.1) is 0 Å². The summed E-state index contributed by atoms with van der Waals surface area (Å²) in [5.41, 5.74) is -1.44. The van der Waals surface area contributed by atoms with E-state index in [-0.39, 0.29) is 22.1 Å². The second-order valence-electron chi connectivity index (χ2n) is 4.19. The number of aromatic nitrogens is 3. The van der Waals surface area contributed by atoms with Gasteiger partial charge in [0.15, 0.2) is 5.52 Å². The molecule has 0 aliphatic heterocycles. The molecule has 0 atom stereocenters. The monoisotopic (exact) mass is 270 g/mol. The van der Waals surface area contributed by atoms with Gasteiger partial charge in [-0.3, -0.25) is 9.36 Å². The third-order valence-corrected chi connectivity index (χ3v) is 3.18. The molecule has 18 heavy (non-hydrogen) atoms. The molecule has 0 aromatic carbocycles. The first-order valence-corrected chi connectivity index (χ1v) is 5.67. The van der Waals surface area contributed by atoms with Crippen LogP contribution in [0.5, 0.6) is 0 Å². The van der Waals surface area contributed by atoms with E-state index in [4.69, 9.17) is 17.4 Å². The highest BCUT2D eigenvalue weighted by Gasteiger charge is 2.29. The maximum atomic E-state index is 13.3. The van der Waals surface area contributed by atoms with Crippen LogP contribution in [0.1, 0.15) is 18.9 Å². The summed E-state index contributed by atoms with van der Waals surface area (Å²) in [4.78, 5) is 27.2. The van der Waals surface area contributed by atoms with E-state index >= 15 is 0 Å². The molecule has 2 aromatic rings. The molecule has 0 saturated heterocycles. The maximum Gasteiger partial charge on any atom is 0.350 e. The average molecular weight is 271 g/mol. The van der Waals surface area contributed by atoms with Gasteiger partial charge in [0, 0.05) is 6.04 Å². The first-order valence-electron chi connectivity index (χ1n) is 5.29. The van der Waals surface area contributed by atoms with Gasteiger partial charge in [-0.05, 0) is 18.9 Å². The molecule has 2 N–H and O–H groups in total. The largest absolute Gasteiger partial charge is 0.350 e. The Morgan fingerprint density at radius 1 is 1.44 bits per heavy atom. The van der Waals surface area contributed by atoms with Gasteiger partial charge in [0.2, 0.25) is 5.95 Å². The van der Waals surface area contributed by atoms with Crippen LogP contribution >= 0.6 is 11.6 Å². The molecule has 1 aliphatic carbocycles. The zero-order chi connectivity index (χ0) is 13.0. The second-order valence-corrected chi connectivity index (χ2v) is 4.59. The fourth-order valence-electron chi connectivity index (χ4n) is 1.90. The Labute approximate surface area is 104 Å². The number of nitrogens with zero attached hydrogens (tertiary/aromatic N) is 3. The lowest BCUT2D eigenvalue weighted by Crippen LogP contribution is -2.44. The summed E-state index contributed by atoms with van der Waals surface area (Å²) in [6, 6.07) is 1.21. The normalized spacial score (nSPS) is 15.2. The molecule has 6 nitrogen and oxygen atoms in total. The first-order chi connectivity index (χ1) is 8.50. The molecule has 0 amide bonds. The van der Waals surface area contributed by atoms with Crippen molar-refractivity contribution in [3.8, 4) is 0 Å². The lowest BCUT2D eigenvalue weighted by Gasteiger charge is -2.10. The highest BCUT2D eigenvalue weighted by Crippen LogP contribution is 2.35. The van der Waals surface area contributed by atoms with Crippen molar-refractivity contribution in [2.45, 2.75) is 18.9 Å². The predicted octanol–water partition coefficient (Wildman–Crippen LogP) is 0.399. The molecule has 0 unspecified atom stereocenters. The van der Waals surface area contributed by atoms with Crippen LogP contribution in [0.4, 0.5) is 4.39 Å². The molecule has 1 saturated carbocycles. The highest BCUT2D eigenvalue weighted by atomic mass is 35.5. The molecule has 8 heteroatoms. The lowest BCUT2D eigenvalue weighted by molar-refractivity contribution is 0.585. The summed E-state index contributed by atoms with van der Waals surface area (Å²) >= 11 is 5.64. The third-order valence-electron chi connectivity index (χ3n) is 2.92. The average Bonchev–Trinajstić information content (AvgIpc) is 3.14. The molecule has 0 spiro atoms. The number of hydrogen-bond donors (Lipinski definition) is 1. The number of nitrogens with two attached hydrogens (primary N) is 1. The summed E-state index contributed by atoms with van der Waals surface area (Å²) in [6.45, 7) is 0. The number of pyridine rings is 1. The molecule has 0 radical (unpaired) electrons. The van der Waals surface area contributed by atoms with Gasteiger partial charge in [-0.1, -0.05) is 11.6 Å². The van der Waals surface area contributed by atoms with E-state index in [1.165, 1.54) is 10.6 Å². The van der Waals surface area contributed by atoms with Crippen molar-refractivity contribution < 1.29 is 4.39 Å². The number of fused-ring (bicyclic) bond motifs is 1. The Kier molecular flexibility index (Phi) is 2.21. The summed E-state index contributed by atoms with van der Waals surface area (Å²) in [5.74, 6) is 4.42. The van der Waals surface area contributed by atoms with Crippen LogP contribution in [-0.4, -0.2) is 14.2 Å². The van der Waals surface area contributed by atoms with E-state index in [0.717, 1.165) is 12.8 Å². The van der Waals surface area contributed by atoms with Crippen LogP contribution in [0.3, 0.4) is 0 Å². The number of rotatable bonds is 1. The molecule has 2 heterocycles. The Balaban J connectivity index is 2.56. The fraction of sp³-hybridized carbons (Fsp3) is 0.300. The zero-order valence-electron chi connectivity index (χ0n) is 9.06. The van der Waals surface area contributed by atoms with E-state index < -0.39 is 17.2 Å². The van der Waals surface area contributed by atoms with Crippen LogP contribution < -0.4 is 17.1 Å². The molecule has 0 bridgehead atoms. The molecular formula is C10H8ClFN4O2. The minimum absolute atomic E-state index is 0.0290. The van der Waals surface area contributed by atoms with Crippen LogP contribution in [0.25, 0.3) is 11.0 Å². The lowest BCUT2D eigenvalue weighted by atomic mass is 10.3. The predicted molar refractivity (Wildman–Crippen MR) is 63.7 cm³/mol. The summed E-state index contributed by atoms with van der Waals surface area (Å²) in [7, 11) is 0. The van der Waals surface area contributed by atoms with E-state index in [1.54, 1.807) is 0 Å². The van der Waals surface area contributed by atoms with Crippen LogP contribution in [0, 0.1) is 5.95 Å². The summed E-state index contributed by atoms with van der Waals surface area (Å²) in [6.07, 6.45) is 1.62. The van der Waals surface area contributed by atoms with E-state index in [1.807, 2.05) is 0 Å². The summed E-state index contributed by atoms with van der Waals surface area (Å²) in [5, 5.41) is -0.231. The Bertz CT molecular complexity index is 778. The second kappa shape index (κ2) is 3.55. The molecular weight excluding hydrogens is 263 g/mol. The van der Waals surface area contributed by atoms with Crippen molar-refractivity contribution in [1.29, 1.82) is 0 Å². The van der Waals surface area contributed by atoms with Gasteiger partial charge >= 0.3 is 11.2 Å². The van der Waals surface area contributed by atoms with Gasteiger partial charge in [-0.25, -0.2) is 9.78 Å². The van der Waals surface area contributed by atoms with Crippen LogP contribution in [-0.2, 0) is 0 Å². The molecule has 3 rings (SSSR count). The van der Waals surface area contributed by atoms with Gasteiger partial charge < -0.3 is 5.84 Å². The third kappa shape index (κ3) is 1.43. The number of halogens is 2. The van der Waals surface area contributed by atoms with Crippen LogP contribution in [0.2, 0.25) is 5.02 Å². The van der Waals surface area contributed by atoms with Gasteiger partial charge in [0.1, 0.15) is 0 Å². The molecule has 2 aromatic heterocycles. The quantitative estimate of drug-likeness (QED) is 0.601. The number of hydrogen-bond acceptors (Lipinski definition) is 4. The molecule has 1 fully saturated rings. The summed E-state index contributed by atoms with van der Waals surface area (Å²) < 4.78 is 15.1. The van der Waals surface area contributed by atoms with Gasteiger partial charge in [0.25, 0.3) is 0 Å². The minimum atomic E-state index is -0.956. The van der Waals surface area contributed by atoms with Gasteiger partial charge in [0.05, 0.1) is 10.5 Å². The fourth-order valence-corrected chi connectivity index (χ4v) is 2.05. The highest BCUT2D eigenvalue weighted by molar-refractivity contribution is 6.31. The first kappa shape index (κ1) is 11.2. The van der Waals surface area contributed by atoms with E-state index in [2.05, 4.69) is 4.98 Å². The molecule has 1 aliphatic rings. The van der Waals surface area contributed by atoms with Crippen molar-refractivity contribution in [2.75, 3.05) is 5.84 Å². The maximum absolute atomic E-state index is 13.3. The Hall–Kier alpha value is -1.89. The van der Waals surface area contributed by atoms with Crippen molar-refractivity contribution in [2.24, 2.45) is 0 Å². The topological polar surface area (TPSA) is 82.9 Å². The molecule has 94 valence electrons. The van der Waals surface area contributed by atoms with Crippen molar-refractivity contribution >= 4 is 22.6 Å². The minimum Gasteiger partial charge on any atom is -0.332 e. The van der Waals surface area contributed by atoms with Crippen molar-refractivity contribution in [1.82, 2.24) is 14.2 Å². The Morgan fingerprint density at radius 3 is 2.72 bits per heavy atom.